The van der Waals surface area contributed by atoms with E-state index in [4.69, 9.17) is 4.74 Å². The van der Waals surface area contributed by atoms with Crippen molar-refractivity contribution in [2.45, 2.75) is 20.4 Å². The summed E-state index contributed by atoms with van der Waals surface area (Å²) in [5.41, 5.74) is 1.57. The maximum absolute atomic E-state index is 12.4. The minimum atomic E-state index is -0.816. The van der Waals surface area contributed by atoms with Gasteiger partial charge in [-0.05, 0) is 37.6 Å². The molecule has 0 atom stereocenters. The van der Waals surface area contributed by atoms with Crippen LogP contribution in [0.1, 0.15) is 11.1 Å². The van der Waals surface area contributed by atoms with Crippen molar-refractivity contribution in [3.05, 3.63) is 74.3 Å². The second kappa shape index (κ2) is 7.91. The number of esters is 1. The fraction of sp³-hybridized carbons (Fsp3) is 0.200. The second-order valence-corrected chi connectivity index (χ2v) is 6.41. The van der Waals surface area contributed by atoms with Gasteiger partial charge < -0.3 is 10.1 Å². The van der Waals surface area contributed by atoms with E-state index in [2.05, 4.69) is 10.4 Å². The number of hydrogen-bond acceptors (Lipinski definition) is 5. The van der Waals surface area contributed by atoms with Crippen LogP contribution in [0.3, 0.4) is 0 Å². The highest BCUT2D eigenvalue weighted by Gasteiger charge is 2.13. The van der Waals surface area contributed by atoms with Gasteiger partial charge in [0.1, 0.15) is 6.54 Å². The van der Waals surface area contributed by atoms with Gasteiger partial charge in [0, 0.05) is 5.69 Å². The van der Waals surface area contributed by atoms with Gasteiger partial charge in [-0.3, -0.25) is 24.3 Å². The monoisotopic (exact) mass is 381 g/mol. The molecule has 0 fully saturated rings. The van der Waals surface area contributed by atoms with E-state index < -0.39 is 36.1 Å². The lowest BCUT2D eigenvalue weighted by Crippen LogP contribution is -2.33. The molecular formula is C20H19N3O5. The first-order chi connectivity index (χ1) is 13.3. The number of amides is 1. The maximum Gasteiger partial charge on any atom is 0.328 e. The zero-order valence-corrected chi connectivity index (χ0v) is 15.4. The van der Waals surface area contributed by atoms with Crippen molar-refractivity contribution in [1.29, 1.82) is 0 Å². The third-order valence-corrected chi connectivity index (χ3v) is 4.19. The Morgan fingerprint density at radius 1 is 1.07 bits per heavy atom. The van der Waals surface area contributed by atoms with E-state index in [9.17, 15) is 19.2 Å². The Morgan fingerprint density at radius 2 is 1.79 bits per heavy atom. The Bertz CT molecular complexity index is 1180. The zero-order valence-electron chi connectivity index (χ0n) is 15.4. The van der Waals surface area contributed by atoms with E-state index in [1.54, 1.807) is 18.2 Å². The lowest BCUT2D eigenvalue weighted by atomic mass is 10.1. The summed E-state index contributed by atoms with van der Waals surface area (Å²) in [6, 6.07) is 11.8. The third kappa shape index (κ3) is 4.17. The molecular weight excluding hydrogens is 362 g/mol. The number of aromatic amines is 1. The van der Waals surface area contributed by atoms with Crippen LogP contribution in [0.2, 0.25) is 0 Å². The van der Waals surface area contributed by atoms with E-state index in [-0.39, 0.29) is 10.8 Å². The number of ether oxygens (including phenoxy) is 1. The molecule has 0 aliphatic carbocycles. The van der Waals surface area contributed by atoms with E-state index in [1.807, 2.05) is 26.0 Å². The number of hydrogen-bond donors (Lipinski definition) is 2. The molecule has 28 heavy (non-hydrogen) atoms. The first-order valence-electron chi connectivity index (χ1n) is 8.60. The number of rotatable bonds is 5. The van der Waals surface area contributed by atoms with Crippen LogP contribution in [0.4, 0.5) is 5.69 Å². The summed E-state index contributed by atoms with van der Waals surface area (Å²) in [6.07, 6.45) is 0. The van der Waals surface area contributed by atoms with Gasteiger partial charge in [-0.15, -0.1) is 0 Å². The van der Waals surface area contributed by atoms with Crippen LogP contribution in [0.25, 0.3) is 10.8 Å². The molecule has 2 aromatic carbocycles. The van der Waals surface area contributed by atoms with Crippen molar-refractivity contribution < 1.29 is 14.3 Å². The molecule has 0 spiro atoms. The minimum Gasteiger partial charge on any atom is -0.454 e. The molecule has 8 heteroatoms. The summed E-state index contributed by atoms with van der Waals surface area (Å²) in [6.45, 7) is 2.80. The Morgan fingerprint density at radius 3 is 2.50 bits per heavy atom. The smallest absolute Gasteiger partial charge is 0.328 e. The number of fused-ring (bicyclic) bond motifs is 1. The van der Waals surface area contributed by atoms with Gasteiger partial charge in [0.25, 0.3) is 17.0 Å². The topological polar surface area (TPSA) is 110 Å². The van der Waals surface area contributed by atoms with Gasteiger partial charge >= 0.3 is 5.97 Å². The number of aryl methyl sites for hydroxylation is 2. The van der Waals surface area contributed by atoms with Gasteiger partial charge in [-0.2, -0.15) is 0 Å². The largest absolute Gasteiger partial charge is 0.454 e. The molecule has 0 saturated carbocycles. The number of nitrogens with zero attached hydrogens (tertiary/aromatic N) is 1. The molecule has 1 aromatic heterocycles. The molecule has 0 aliphatic rings. The van der Waals surface area contributed by atoms with Crippen LogP contribution in [-0.2, 0) is 20.9 Å². The fourth-order valence-corrected chi connectivity index (χ4v) is 2.82. The van der Waals surface area contributed by atoms with Crippen LogP contribution in [-0.4, -0.2) is 28.3 Å². The van der Waals surface area contributed by atoms with E-state index in [1.165, 1.54) is 12.1 Å². The predicted molar refractivity (Wildman–Crippen MR) is 104 cm³/mol. The number of anilines is 1. The highest BCUT2D eigenvalue weighted by atomic mass is 16.5. The van der Waals surface area contributed by atoms with Crippen molar-refractivity contribution in [1.82, 2.24) is 9.78 Å². The lowest BCUT2D eigenvalue weighted by Gasteiger charge is -2.10. The van der Waals surface area contributed by atoms with Gasteiger partial charge in [0.15, 0.2) is 6.61 Å². The molecule has 8 nitrogen and oxygen atoms in total. The zero-order chi connectivity index (χ0) is 20.3. The standard InChI is InChI=1S/C20H19N3O5/c1-12-7-8-16(13(2)9-12)21-17(24)11-28-18(25)10-23-20(27)15-6-4-3-5-14(15)19(26)22-23/h3-9H,10-11H2,1-2H3,(H,21,24)(H,22,26). The minimum absolute atomic E-state index is 0.201. The first kappa shape index (κ1) is 19.1. The van der Waals surface area contributed by atoms with E-state index in [0.717, 1.165) is 15.8 Å². The Hall–Kier alpha value is -3.68. The summed E-state index contributed by atoms with van der Waals surface area (Å²) in [5, 5.41) is 5.44. The number of benzene rings is 2. The Labute approximate surface area is 159 Å². The van der Waals surface area contributed by atoms with Gasteiger partial charge in [-0.25, -0.2) is 4.68 Å². The van der Waals surface area contributed by atoms with Crippen molar-refractivity contribution in [2.75, 3.05) is 11.9 Å². The van der Waals surface area contributed by atoms with Crippen molar-refractivity contribution in [3.8, 4) is 0 Å². The van der Waals surface area contributed by atoms with Crippen molar-refractivity contribution >= 4 is 28.3 Å². The second-order valence-electron chi connectivity index (χ2n) is 6.41. The average molecular weight is 381 g/mol. The predicted octanol–water partition coefficient (Wildman–Crippen LogP) is 1.49. The molecule has 0 unspecified atom stereocenters. The number of H-pyrrole nitrogens is 1. The number of carbonyl (C=O) groups excluding carboxylic acids is 2. The molecule has 1 heterocycles. The van der Waals surface area contributed by atoms with Gasteiger partial charge in [-0.1, -0.05) is 29.8 Å². The summed E-state index contributed by atoms with van der Waals surface area (Å²) >= 11 is 0. The maximum atomic E-state index is 12.4. The third-order valence-electron chi connectivity index (χ3n) is 4.19. The number of nitrogens with one attached hydrogen (secondary N) is 2. The highest BCUT2D eigenvalue weighted by molar-refractivity contribution is 5.93. The Balaban J connectivity index is 1.64. The van der Waals surface area contributed by atoms with Crippen LogP contribution < -0.4 is 16.4 Å². The number of aromatic nitrogens is 2. The summed E-state index contributed by atoms with van der Waals surface area (Å²) < 4.78 is 5.79. The highest BCUT2D eigenvalue weighted by Crippen LogP contribution is 2.15. The lowest BCUT2D eigenvalue weighted by molar-refractivity contribution is -0.148. The summed E-state index contributed by atoms with van der Waals surface area (Å²) in [5.74, 6) is -1.32. The first-order valence-corrected chi connectivity index (χ1v) is 8.60. The SMILES string of the molecule is Cc1ccc(NC(=O)COC(=O)Cn2[nH]c(=O)c3ccccc3c2=O)c(C)c1. The molecule has 0 radical (unpaired) electrons. The molecule has 0 saturated heterocycles. The van der Waals surface area contributed by atoms with Crippen LogP contribution in [0.15, 0.2) is 52.1 Å². The molecule has 2 N–H and O–H groups in total. The molecule has 1 amide bonds. The van der Waals surface area contributed by atoms with Crippen molar-refractivity contribution in [3.63, 3.8) is 0 Å². The normalized spacial score (nSPS) is 10.6. The molecule has 0 bridgehead atoms. The van der Waals surface area contributed by atoms with E-state index in [0.29, 0.717) is 5.69 Å². The molecule has 3 aromatic rings. The molecule has 3 rings (SSSR count). The van der Waals surface area contributed by atoms with Crippen LogP contribution in [0.5, 0.6) is 0 Å². The average Bonchev–Trinajstić information content (AvgIpc) is 2.66. The molecule has 0 aliphatic heterocycles. The van der Waals surface area contributed by atoms with Crippen molar-refractivity contribution in [2.24, 2.45) is 0 Å². The summed E-state index contributed by atoms with van der Waals surface area (Å²) in [7, 11) is 0. The van der Waals surface area contributed by atoms with Gasteiger partial charge in [0.05, 0.1) is 10.8 Å². The Kier molecular flexibility index (Phi) is 5.39. The van der Waals surface area contributed by atoms with Crippen LogP contribution >= 0.6 is 0 Å². The van der Waals surface area contributed by atoms with Gasteiger partial charge in [0.2, 0.25) is 0 Å². The quantitative estimate of drug-likeness (QED) is 0.651. The number of carbonyl (C=O) groups is 2. The fourth-order valence-electron chi connectivity index (χ4n) is 2.82. The van der Waals surface area contributed by atoms with E-state index >= 15 is 0 Å². The molecule has 144 valence electrons. The van der Waals surface area contributed by atoms with Crippen LogP contribution in [0, 0.1) is 13.8 Å². The summed E-state index contributed by atoms with van der Waals surface area (Å²) in [4.78, 5) is 48.4.